The topological polar surface area (TPSA) is 37.4 Å². The van der Waals surface area contributed by atoms with Crippen LogP contribution in [0.5, 0.6) is 0 Å². The van der Waals surface area contributed by atoms with Gasteiger partial charge in [-0.15, -0.1) is 0 Å². The molecule has 1 aromatic carbocycles. The highest BCUT2D eigenvalue weighted by Gasteiger charge is 2.22. The highest BCUT2D eigenvalue weighted by molar-refractivity contribution is 9.11. The second-order valence-electron chi connectivity index (χ2n) is 4.03. The minimum Gasteiger partial charge on any atom is -0.331 e. The lowest BCUT2D eigenvalue weighted by molar-refractivity contribution is -0.121. The average Bonchev–Trinajstić information content (AvgIpc) is 2.26. The molecule has 1 saturated heterocycles. The molecule has 1 aliphatic rings. The minimum absolute atomic E-state index is 0.0833. The maximum absolute atomic E-state index is 12.2. The maximum atomic E-state index is 12.2. The molecule has 3 nitrogen and oxygen atoms in total. The van der Waals surface area contributed by atoms with E-state index < -0.39 is 0 Å². The molecule has 1 amide bonds. The fraction of sp³-hybridized carbons (Fsp3) is 0.333. The molecule has 0 bridgehead atoms. The highest BCUT2D eigenvalue weighted by Crippen LogP contribution is 2.21. The lowest BCUT2D eigenvalue weighted by atomic mass is 10.1. The van der Waals surface area contributed by atoms with E-state index in [1.165, 1.54) is 0 Å². The first-order chi connectivity index (χ1) is 8.06. The Kier molecular flexibility index (Phi) is 3.99. The van der Waals surface area contributed by atoms with E-state index in [1.54, 1.807) is 17.0 Å². The van der Waals surface area contributed by atoms with Gasteiger partial charge in [-0.3, -0.25) is 9.59 Å². The van der Waals surface area contributed by atoms with Crippen LogP contribution in [0.3, 0.4) is 0 Å². The molecule has 1 aromatic rings. The normalized spacial score (nSPS) is 16.1. The smallest absolute Gasteiger partial charge is 0.254 e. The molecule has 17 heavy (non-hydrogen) atoms. The van der Waals surface area contributed by atoms with E-state index in [1.807, 2.05) is 6.07 Å². The first-order valence-electron chi connectivity index (χ1n) is 5.33. The summed E-state index contributed by atoms with van der Waals surface area (Å²) in [5.74, 6) is 0.0544. The number of piperidine rings is 1. The predicted molar refractivity (Wildman–Crippen MR) is 72.0 cm³/mol. The number of hydrogen-bond acceptors (Lipinski definition) is 2. The van der Waals surface area contributed by atoms with Crippen molar-refractivity contribution < 1.29 is 9.59 Å². The van der Waals surface area contributed by atoms with Gasteiger partial charge in [0.2, 0.25) is 0 Å². The number of hydrogen-bond donors (Lipinski definition) is 0. The molecule has 1 heterocycles. The summed E-state index contributed by atoms with van der Waals surface area (Å²) < 4.78 is 1.69. The summed E-state index contributed by atoms with van der Waals surface area (Å²) in [5.41, 5.74) is 0.598. The van der Waals surface area contributed by atoms with Gasteiger partial charge in [0.15, 0.2) is 5.78 Å². The van der Waals surface area contributed by atoms with Gasteiger partial charge in [-0.25, -0.2) is 0 Å². The molecule has 1 fully saturated rings. The molecule has 5 heteroatoms. The number of amides is 1. The Morgan fingerprint density at radius 2 is 1.82 bits per heavy atom. The third-order valence-electron chi connectivity index (χ3n) is 2.65. The van der Waals surface area contributed by atoms with Crippen LogP contribution in [0.15, 0.2) is 27.1 Å². The first-order valence-corrected chi connectivity index (χ1v) is 6.92. The Hall–Kier alpha value is -0.680. The average molecular weight is 361 g/mol. The predicted octanol–water partition coefficient (Wildman–Crippen LogP) is 3.02. The Balaban J connectivity index is 2.21. The summed E-state index contributed by atoms with van der Waals surface area (Å²) in [7, 11) is 0. The lowest BCUT2D eigenvalue weighted by Gasteiger charge is -2.26. The van der Waals surface area contributed by atoms with Crippen molar-refractivity contribution in [2.24, 2.45) is 0 Å². The van der Waals surface area contributed by atoms with Gasteiger partial charge in [0.05, 0.1) is 6.54 Å². The number of carbonyl (C=O) groups excluding carboxylic acids is 2. The standard InChI is InChI=1S/C12H11Br2NO2/c13-9-4-8(5-10(14)6-9)12(17)15-3-1-2-11(16)7-15/h4-6H,1-3,7H2. The van der Waals surface area contributed by atoms with Crippen LogP contribution in [0.4, 0.5) is 0 Å². The van der Waals surface area contributed by atoms with Gasteiger partial charge in [-0.1, -0.05) is 31.9 Å². The Bertz CT molecular complexity index is 453. The first kappa shape index (κ1) is 12.8. The quantitative estimate of drug-likeness (QED) is 0.771. The van der Waals surface area contributed by atoms with E-state index in [-0.39, 0.29) is 18.2 Å². The molecule has 0 spiro atoms. The van der Waals surface area contributed by atoms with E-state index in [2.05, 4.69) is 31.9 Å². The minimum atomic E-state index is -0.0833. The number of nitrogens with zero attached hydrogens (tertiary/aromatic N) is 1. The van der Waals surface area contributed by atoms with Crippen molar-refractivity contribution in [1.82, 2.24) is 4.90 Å². The summed E-state index contributed by atoms with van der Waals surface area (Å²) in [6.45, 7) is 0.900. The molecule has 0 N–H and O–H groups in total. The monoisotopic (exact) mass is 359 g/mol. The van der Waals surface area contributed by atoms with Gasteiger partial charge in [0.1, 0.15) is 0 Å². The summed E-state index contributed by atoms with van der Waals surface area (Å²) in [4.78, 5) is 25.1. The van der Waals surface area contributed by atoms with Gasteiger partial charge in [0, 0.05) is 27.5 Å². The van der Waals surface area contributed by atoms with E-state index in [9.17, 15) is 9.59 Å². The molecule has 0 unspecified atom stereocenters. The summed E-state index contributed by atoms with van der Waals surface area (Å²) in [6, 6.07) is 5.41. The van der Waals surface area contributed by atoms with Crippen molar-refractivity contribution in [2.75, 3.05) is 13.1 Å². The molecule has 0 radical (unpaired) electrons. The fourth-order valence-corrected chi connectivity index (χ4v) is 3.17. The second-order valence-corrected chi connectivity index (χ2v) is 5.86. The lowest BCUT2D eigenvalue weighted by Crippen LogP contribution is -2.40. The molecular weight excluding hydrogens is 350 g/mol. The largest absolute Gasteiger partial charge is 0.331 e. The number of carbonyl (C=O) groups is 2. The SMILES string of the molecule is O=C1CCCN(C(=O)c2cc(Br)cc(Br)c2)C1. The van der Waals surface area contributed by atoms with Crippen molar-refractivity contribution >= 4 is 43.6 Å². The van der Waals surface area contributed by atoms with Gasteiger partial charge < -0.3 is 4.90 Å². The Labute approximate surface area is 116 Å². The highest BCUT2D eigenvalue weighted by atomic mass is 79.9. The molecule has 2 rings (SSSR count). The van der Waals surface area contributed by atoms with Crippen LogP contribution in [0.1, 0.15) is 23.2 Å². The van der Waals surface area contributed by atoms with Crippen LogP contribution < -0.4 is 0 Å². The summed E-state index contributed by atoms with van der Waals surface area (Å²) in [6.07, 6.45) is 1.35. The zero-order valence-electron chi connectivity index (χ0n) is 9.08. The molecular formula is C12H11Br2NO2. The van der Waals surface area contributed by atoms with Crippen molar-refractivity contribution in [1.29, 1.82) is 0 Å². The number of benzene rings is 1. The maximum Gasteiger partial charge on any atom is 0.254 e. The van der Waals surface area contributed by atoms with E-state index in [4.69, 9.17) is 0 Å². The molecule has 0 aromatic heterocycles. The Morgan fingerprint density at radius 3 is 2.41 bits per heavy atom. The number of likely N-dealkylation sites (tertiary alicyclic amines) is 1. The number of ketones is 1. The van der Waals surface area contributed by atoms with Gasteiger partial charge in [0.25, 0.3) is 5.91 Å². The number of halogens is 2. The van der Waals surface area contributed by atoms with Crippen molar-refractivity contribution in [3.05, 3.63) is 32.7 Å². The number of rotatable bonds is 1. The van der Waals surface area contributed by atoms with E-state index >= 15 is 0 Å². The second kappa shape index (κ2) is 5.31. The van der Waals surface area contributed by atoms with Gasteiger partial charge in [-0.05, 0) is 24.6 Å². The van der Waals surface area contributed by atoms with Crippen LogP contribution >= 0.6 is 31.9 Å². The summed E-state index contributed by atoms with van der Waals surface area (Å²) in [5, 5.41) is 0. The van der Waals surface area contributed by atoms with Crippen LogP contribution in [0.2, 0.25) is 0 Å². The van der Waals surface area contributed by atoms with Crippen molar-refractivity contribution in [3.63, 3.8) is 0 Å². The van der Waals surface area contributed by atoms with Crippen LogP contribution in [0, 0.1) is 0 Å². The molecule has 0 aliphatic carbocycles. The van der Waals surface area contributed by atoms with Crippen LogP contribution in [-0.4, -0.2) is 29.7 Å². The molecule has 90 valence electrons. The summed E-state index contributed by atoms with van der Waals surface area (Å²) >= 11 is 6.70. The zero-order chi connectivity index (χ0) is 12.4. The Morgan fingerprint density at radius 1 is 1.18 bits per heavy atom. The fourth-order valence-electron chi connectivity index (χ4n) is 1.87. The van der Waals surface area contributed by atoms with Crippen LogP contribution in [-0.2, 0) is 4.79 Å². The third kappa shape index (κ3) is 3.16. The van der Waals surface area contributed by atoms with Gasteiger partial charge in [-0.2, -0.15) is 0 Å². The van der Waals surface area contributed by atoms with Crippen LogP contribution in [0.25, 0.3) is 0 Å². The molecule has 0 saturated carbocycles. The third-order valence-corrected chi connectivity index (χ3v) is 3.56. The van der Waals surface area contributed by atoms with Gasteiger partial charge >= 0.3 is 0 Å². The van der Waals surface area contributed by atoms with Crippen molar-refractivity contribution in [3.8, 4) is 0 Å². The zero-order valence-corrected chi connectivity index (χ0v) is 12.3. The van der Waals surface area contributed by atoms with E-state index in [0.29, 0.717) is 18.5 Å². The molecule has 0 atom stereocenters. The van der Waals surface area contributed by atoms with Crippen molar-refractivity contribution in [2.45, 2.75) is 12.8 Å². The molecule has 1 aliphatic heterocycles. The van der Waals surface area contributed by atoms with E-state index in [0.717, 1.165) is 15.4 Å². The number of Topliss-reactive ketones (excluding diaryl/α,β-unsaturated/α-hetero) is 1.